The normalized spacial score (nSPS) is 19.5. The van der Waals surface area contributed by atoms with Crippen LogP contribution in [0.4, 0.5) is 4.79 Å². The molecule has 1 fully saturated rings. The maximum Gasteiger partial charge on any atom is 0.315 e. The van der Waals surface area contributed by atoms with E-state index >= 15 is 0 Å². The molecule has 0 aliphatic carbocycles. The molecule has 0 aromatic rings. The van der Waals surface area contributed by atoms with Crippen molar-refractivity contribution < 1.29 is 14.4 Å². The molecule has 1 aliphatic rings. The van der Waals surface area contributed by atoms with E-state index in [1.54, 1.807) is 0 Å². The molecular formula is C12H21N3O3. The van der Waals surface area contributed by atoms with Crippen LogP contribution in [0, 0.1) is 0 Å². The first kappa shape index (κ1) is 14.5. The second kappa shape index (κ2) is 5.84. The first-order valence-corrected chi connectivity index (χ1v) is 6.14. The summed E-state index contributed by atoms with van der Waals surface area (Å²) in [6.45, 7) is 6.09. The van der Waals surface area contributed by atoms with Crippen molar-refractivity contribution in [3.63, 3.8) is 0 Å². The number of carbonyl (C=O) groups is 3. The molecule has 1 heterocycles. The molecule has 0 radical (unpaired) electrons. The number of aldehydes is 1. The van der Waals surface area contributed by atoms with Crippen LogP contribution in [0.3, 0.4) is 0 Å². The molecule has 1 saturated heterocycles. The van der Waals surface area contributed by atoms with E-state index in [0.29, 0.717) is 13.0 Å². The number of rotatable bonds is 3. The van der Waals surface area contributed by atoms with Crippen molar-refractivity contribution in [1.29, 1.82) is 0 Å². The van der Waals surface area contributed by atoms with E-state index in [9.17, 15) is 14.4 Å². The van der Waals surface area contributed by atoms with Crippen molar-refractivity contribution in [2.45, 2.75) is 45.2 Å². The topological polar surface area (TPSA) is 78.5 Å². The van der Waals surface area contributed by atoms with Gasteiger partial charge >= 0.3 is 6.03 Å². The van der Waals surface area contributed by atoms with Crippen LogP contribution in [0.25, 0.3) is 0 Å². The number of amides is 3. The quantitative estimate of drug-likeness (QED) is 0.711. The summed E-state index contributed by atoms with van der Waals surface area (Å²) in [6, 6.07) is -0.706. The molecule has 1 aliphatic heterocycles. The molecule has 3 amide bonds. The lowest BCUT2D eigenvalue weighted by molar-refractivity contribution is -0.133. The van der Waals surface area contributed by atoms with E-state index < -0.39 is 0 Å². The highest BCUT2D eigenvalue weighted by Gasteiger charge is 2.28. The zero-order chi connectivity index (χ0) is 13.8. The van der Waals surface area contributed by atoms with Crippen molar-refractivity contribution in [2.75, 3.05) is 13.1 Å². The number of nitrogens with zero attached hydrogens (tertiary/aromatic N) is 1. The van der Waals surface area contributed by atoms with Gasteiger partial charge in [-0.2, -0.15) is 0 Å². The molecule has 6 nitrogen and oxygen atoms in total. The zero-order valence-electron chi connectivity index (χ0n) is 11.2. The average molecular weight is 255 g/mol. The predicted octanol–water partition coefficient (Wildman–Crippen LogP) is 0.274. The molecule has 102 valence electrons. The maximum atomic E-state index is 11.8. The molecule has 0 spiro atoms. The van der Waals surface area contributed by atoms with Gasteiger partial charge < -0.3 is 20.3 Å². The molecule has 1 rings (SSSR count). The van der Waals surface area contributed by atoms with Gasteiger partial charge in [-0.15, -0.1) is 0 Å². The standard InChI is InChI=1S/C12H21N3O3/c1-12(2,3)14-11(18)13-7-10(17)15-6-4-5-9(15)8-16/h8-9H,4-7H2,1-3H3,(H2,13,14,18). The molecule has 0 aromatic heterocycles. The van der Waals surface area contributed by atoms with Crippen molar-refractivity contribution in [3.05, 3.63) is 0 Å². The van der Waals surface area contributed by atoms with E-state index in [4.69, 9.17) is 0 Å². The Morgan fingerprint density at radius 1 is 1.39 bits per heavy atom. The molecule has 18 heavy (non-hydrogen) atoms. The summed E-state index contributed by atoms with van der Waals surface area (Å²) in [5.74, 6) is -0.214. The Morgan fingerprint density at radius 3 is 2.61 bits per heavy atom. The molecule has 1 unspecified atom stereocenters. The van der Waals surface area contributed by atoms with Gasteiger partial charge in [-0.1, -0.05) is 0 Å². The van der Waals surface area contributed by atoms with Crippen LogP contribution in [-0.2, 0) is 9.59 Å². The molecule has 2 N–H and O–H groups in total. The number of likely N-dealkylation sites (tertiary alicyclic amines) is 1. The number of hydrogen-bond acceptors (Lipinski definition) is 3. The maximum absolute atomic E-state index is 11.8. The van der Waals surface area contributed by atoms with Crippen LogP contribution in [0.1, 0.15) is 33.6 Å². The van der Waals surface area contributed by atoms with E-state index in [1.165, 1.54) is 4.90 Å². The van der Waals surface area contributed by atoms with Gasteiger partial charge in [-0.3, -0.25) is 4.79 Å². The van der Waals surface area contributed by atoms with Crippen LogP contribution >= 0.6 is 0 Å². The fourth-order valence-corrected chi connectivity index (χ4v) is 1.89. The Labute approximate surface area is 107 Å². The summed E-state index contributed by atoms with van der Waals surface area (Å²) < 4.78 is 0. The summed E-state index contributed by atoms with van der Waals surface area (Å²) in [6.07, 6.45) is 2.34. The second-order valence-corrected chi connectivity index (χ2v) is 5.49. The monoisotopic (exact) mass is 255 g/mol. The van der Waals surface area contributed by atoms with Gasteiger partial charge in [0.1, 0.15) is 6.29 Å². The number of carbonyl (C=O) groups excluding carboxylic acids is 3. The Morgan fingerprint density at radius 2 is 2.06 bits per heavy atom. The van der Waals surface area contributed by atoms with Crippen molar-refractivity contribution >= 4 is 18.2 Å². The molecule has 0 aromatic carbocycles. The Bertz CT molecular complexity index is 336. The van der Waals surface area contributed by atoms with Crippen LogP contribution in [0.2, 0.25) is 0 Å². The summed E-state index contributed by atoms with van der Waals surface area (Å²) in [5.41, 5.74) is -0.341. The number of urea groups is 1. The largest absolute Gasteiger partial charge is 0.334 e. The fourth-order valence-electron chi connectivity index (χ4n) is 1.89. The highest BCUT2D eigenvalue weighted by molar-refractivity contribution is 5.86. The Balaban J connectivity index is 2.37. The third kappa shape index (κ3) is 4.35. The zero-order valence-corrected chi connectivity index (χ0v) is 11.2. The van der Waals surface area contributed by atoms with Gasteiger partial charge in [0.2, 0.25) is 5.91 Å². The first-order chi connectivity index (χ1) is 8.33. The highest BCUT2D eigenvalue weighted by atomic mass is 16.2. The van der Waals surface area contributed by atoms with Gasteiger partial charge in [-0.05, 0) is 33.6 Å². The minimum atomic E-state index is -0.377. The van der Waals surface area contributed by atoms with E-state index in [2.05, 4.69) is 10.6 Å². The van der Waals surface area contributed by atoms with Gasteiger partial charge in [0.05, 0.1) is 12.6 Å². The molecule has 0 bridgehead atoms. The summed E-state index contributed by atoms with van der Waals surface area (Å²) >= 11 is 0. The van der Waals surface area contributed by atoms with E-state index in [-0.39, 0.29) is 30.1 Å². The third-order valence-electron chi connectivity index (χ3n) is 2.67. The summed E-state index contributed by atoms with van der Waals surface area (Å²) in [5, 5.41) is 5.20. The van der Waals surface area contributed by atoms with E-state index in [1.807, 2.05) is 20.8 Å². The minimum Gasteiger partial charge on any atom is -0.334 e. The molecule has 6 heteroatoms. The van der Waals surface area contributed by atoms with Gasteiger partial charge in [0.15, 0.2) is 0 Å². The Hall–Kier alpha value is -1.59. The predicted molar refractivity (Wildman–Crippen MR) is 67.1 cm³/mol. The van der Waals surface area contributed by atoms with Crippen LogP contribution in [-0.4, -0.2) is 47.8 Å². The smallest absolute Gasteiger partial charge is 0.315 e. The van der Waals surface area contributed by atoms with Crippen LogP contribution in [0.15, 0.2) is 0 Å². The van der Waals surface area contributed by atoms with Gasteiger partial charge in [0, 0.05) is 12.1 Å². The van der Waals surface area contributed by atoms with Gasteiger partial charge in [0.25, 0.3) is 0 Å². The van der Waals surface area contributed by atoms with Crippen LogP contribution in [0.5, 0.6) is 0 Å². The lowest BCUT2D eigenvalue weighted by Crippen LogP contribution is -2.50. The lowest BCUT2D eigenvalue weighted by atomic mass is 10.1. The summed E-state index contributed by atoms with van der Waals surface area (Å²) in [7, 11) is 0. The highest BCUT2D eigenvalue weighted by Crippen LogP contribution is 2.14. The SMILES string of the molecule is CC(C)(C)NC(=O)NCC(=O)N1CCCC1C=O. The van der Waals surface area contributed by atoms with Crippen molar-refractivity contribution in [3.8, 4) is 0 Å². The first-order valence-electron chi connectivity index (χ1n) is 6.14. The average Bonchev–Trinajstić information content (AvgIpc) is 2.71. The van der Waals surface area contributed by atoms with Crippen molar-refractivity contribution in [1.82, 2.24) is 15.5 Å². The molecule has 0 saturated carbocycles. The number of hydrogen-bond donors (Lipinski definition) is 2. The lowest BCUT2D eigenvalue weighted by Gasteiger charge is -2.23. The summed E-state index contributed by atoms with van der Waals surface area (Å²) in [4.78, 5) is 35.5. The van der Waals surface area contributed by atoms with Gasteiger partial charge in [-0.25, -0.2) is 4.79 Å². The second-order valence-electron chi connectivity index (χ2n) is 5.49. The van der Waals surface area contributed by atoms with Crippen molar-refractivity contribution in [2.24, 2.45) is 0 Å². The number of nitrogens with one attached hydrogen (secondary N) is 2. The minimum absolute atomic E-state index is 0.0771. The molecule has 1 atom stereocenters. The Kier molecular flexibility index (Phi) is 4.69. The van der Waals surface area contributed by atoms with Crippen LogP contribution < -0.4 is 10.6 Å². The fraction of sp³-hybridized carbons (Fsp3) is 0.750. The molecular weight excluding hydrogens is 234 g/mol. The third-order valence-corrected chi connectivity index (χ3v) is 2.67. The van der Waals surface area contributed by atoms with E-state index in [0.717, 1.165) is 12.7 Å².